The first-order valence-corrected chi connectivity index (χ1v) is 6.62. The Morgan fingerprint density at radius 1 is 1.21 bits per heavy atom. The zero-order chi connectivity index (χ0) is 9.86. The van der Waals surface area contributed by atoms with Crippen molar-refractivity contribution in [2.75, 3.05) is 6.54 Å². The molecule has 0 spiro atoms. The molecule has 1 nitrogen and oxygen atoms in total. The van der Waals surface area contributed by atoms with E-state index in [9.17, 15) is 0 Å². The molecule has 0 bridgehead atoms. The second-order valence-electron chi connectivity index (χ2n) is 5.27. The van der Waals surface area contributed by atoms with Crippen molar-refractivity contribution in [3.8, 4) is 0 Å². The van der Waals surface area contributed by atoms with E-state index < -0.39 is 0 Å². The predicted octanol–water partition coefficient (Wildman–Crippen LogP) is 3.49. The molecule has 2 rings (SSSR count). The van der Waals surface area contributed by atoms with Crippen LogP contribution in [-0.4, -0.2) is 12.1 Å². The van der Waals surface area contributed by atoms with Crippen molar-refractivity contribution >= 4 is 0 Å². The van der Waals surface area contributed by atoms with Crippen LogP contribution in [0.3, 0.4) is 0 Å². The lowest BCUT2D eigenvalue weighted by Gasteiger charge is -2.34. The topological polar surface area (TPSA) is 12.0 Å². The summed E-state index contributed by atoms with van der Waals surface area (Å²) >= 11 is 0. The van der Waals surface area contributed by atoms with Gasteiger partial charge in [0, 0.05) is 5.54 Å². The maximum Gasteiger partial charge on any atom is 0.0209 e. The van der Waals surface area contributed by atoms with Gasteiger partial charge in [-0.3, -0.25) is 0 Å². The SMILES string of the molecule is CCCCC1(C2CC2)CCCCCN1. The zero-order valence-corrected chi connectivity index (χ0v) is 9.65. The molecule has 1 saturated heterocycles. The van der Waals surface area contributed by atoms with Gasteiger partial charge in [-0.1, -0.05) is 32.6 Å². The summed E-state index contributed by atoms with van der Waals surface area (Å²) < 4.78 is 0. The largest absolute Gasteiger partial charge is 0.311 e. The first kappa shape index (κ1) is 10.5. The number of hydrogen-bond acceptors (Lipinski definition) is 1. The first-order chi connectivity index (χ1) is 6.87. The van der Waals surface area contributed by atoms with Gasteiger partial charge in [0.15, 0.2) is 0 Å². The van der Waals surface area contributed by atoms with Gasteiger partial charge in [0.2, 0.25) is 0 Å². The van der Waals surface area contributed by atoms with Crippen molar-refractivity contribution in [3.63, 3.8) is 0 Å². The van der Waals surface area contributed by atoms with Crippen LogP contribution in [0.5, 0.6) is 0 Å². The van der Waals surface area contributed by atoms with Crippen LogP contribution in [0.1, 0.15) is 64.7 Å². The fraction of sp³-hybridized carbons (Fsp3) is 1.00. The third-order valence-corrected chi connectivity index (χ3v) is 4.11. The fourth-order valence-electron chi connectivity index (χ4n) is 3.06. The molecule has 2 aliphatic rings. The molecule has 1 aliphatic carbocycles. The molecule has 2 fully saturated rings. The van der Waals surface area contributed by atoms with E-state index in [1.807, 2.05) is 0 Å². The molecule has 1 N–H and O–H groups in total. The zero-order valence-electron chi connectivity index (χ0n) is 9.65. The van der Waals surface area contributed by atoms with Crippen LogP contribution in [0.2, 0.25) is 0 Å². The fourth-order valence-corrected chi connectivity index (χ4v) is 3.06. The number of nitrogens with one attached hydrogen (secondary N) is 1. The van der Waals surface area contributed by atoms with Crippen LogP contribution in [-0.2, 0) is 0 Å². The summed E-state index contributed by atoms with van der Waals surface area (Å²) in [7, 11) is 0. The van der Waals surface area contributed by atoms with E-state index in [4.69, 9.17) is 0 Å². The molecule has 0 aromatic carbocycles. The van der Waals surface area contributed by atoms with E-state index in [2.05, 4.69) is 12.2 Å². The van der Waals surface area contributed by atoms with E-state index >= 15 is 0 Å². The second-order valence-corrected chi connectivity index (χ2v) is 5.27. The van der Waals surface area contributed by atoms with Crippen LogP contribution in [0.15, 0.2) is 0 Å². The standard InChI is InChI=1S/C13H25N/c1-2-3-9-13(12-7-8-12)10-5-4-6-11-14-13/h12,14H,2-11H2,1H3. The molecule has 1 heteroatoms. The summed E-state index contributed by atoms with van der Waals surface area (Å²) in [4.78, 5) is 0. The normalized spacial score (nSPS) is 34.1. The maximum absolute atomic E-state index is 3.89. The van der Waals surface area contributed by atoms with E-state index in [0.29, 0.717) is 5.54 Å². The molecule has 0 amide bonds. The number of unbranched alkanes of at least 4 members (excludes halogenated alkanes) is 1. The van der Waals surface area contributed by atoms with Crippen LogP contribution in [0.25, 0.3) is 0 Å². The van der Waals surface area contributed by atoms with Crippen LogP contribution >= 0.6 is 0 Å². The molecule has 1 atom stereocenters. The van der Waals surface area contributed by atoms with Gasteiger partial charge in [0.1, 0.15) is 0 Å². The van der Waals surface area contributed by atoms with Crippen molar-refractivity contribution in [3.05, 3.63) is 0 Å². The van der Waals surface area contributed by atoms with Gasteiger partial charge in [0.05, 0.1) is 0 Å². The molecule has 1 heterocycles. The van der Waals surface area contributed by atoms with Crippen molar-refractivity contribution < 1.29 is 0 Å². The lowest BCUT2D eigenvalue weighted by Crippen LogP contribution is -2.46. The highest BCUT2D eigenvalue weighted by molar-refractivity contribution is 5.01. The summed E-state index contributed by atoms with van der Waals surface area (Å²) in [6.07, 6.45) is 13.0. The quantitative estimate of drug-likeness (QED) is 0.724. The van der Waals surface area contributed by atoms with Gasteiger partial charge in [-0.2, -0.15) is 0 Å². The van der Waals surface area contributed by atoms with Gasteiger partial charge in [-0.25, -0.2) is 0 Å². The molecule has 1 unspecified atom stereocenters. The average Bonchev–Trinajstić information content (AvgIpc) is 3.01. The summed E-state index contributed by atoms with van der Waals surface area (Å²) in [5.41, 5.74) is 0.576. The Bertz CT molecular complexity index is 164. The molecule has 82 valence electrons. The predicted molar refractivity (Wildman–Crippen MR) is 61.5 cm³/mol. The van der Waals surface area contributed by atoms with E-state index in [1.54, 1.807) is 0 Å². The first-order valence-electron chi connectivity index (χ1n) is 6.62. The highest BCUT2D eigenvalue weighted by Crippen LogP contribution is 2.45. The van der Waals surface area contributed by atoms with Gasteiger partial charge < -0.3 is 5.32 Å². The minimum absolute atomic E-state index is 0.576. The summed E-state index contributed by atoms with van der Waals surface area (Å²) in [5, 5.41) is 3.89. The summed E-state index contributed by atoms with van der Waals surface area (Å²) in [6, 6.07) is 0. The van der Waals surface area contributed by atoms with Gasteiger partial charge in [-0.15, -0.1) is 0 Å². The third-order valence-electron chi connectivity index (χ3n) is 4.11. The van der Waals surface area contributed by atoms with Gasteiger partial charge >= 0.3 is 0 Å². The Balaban J connectivity index is 1.95. The Hall–Kier alpha value is -0.0400. The molecular formula is C13H25N. The van der Waals surface area contributed by atoms with Crippen LogP contribution in [0, 0.1) is 5.92 Å². The number of rotatable bonds is 4. The highest BCUT2D eigenvalue weighted by Gasteiger charge is 2.43. The third kappa shape index (κ3) is 2.31. The van der Waals surface area contributed by atoms with E-state index in [-0.39, 0.29) is 0 Å². The minimum Gasteiger partial charge on any atom is -0.311 e. The Morgan fingerprint density at radius 2 is 2.07 bits per heavy atom. The molecule has 14 heavy (non-hydrogen) atoms. The molecule has 1 saturated carbocycles. The highest BCUT2D eigenvalue weighted by atomic mass is 15.0. The molecule has 0 radical (unpaired) electrons. The lowest BCUT2D eigenvalue weighted by atomic mass is 9.83. The smallest absolute Gasteiger partial charge is 0.0209 e. The molecule has 0 aromatic heterocycles. The van der Waals surface area contributed by atoms with E-state index in [0.717, 1.165) is 5.92 Å². The molecular weight excluding hydrogens is 170 g/mol. The second kappa shape index (κ2) is 4.65. The maximum atomic E-state index is 3.89. The van der Waals surface area contributed by atoms with Gasteiger partial charge in [0.25, 0.3) is 0 Å². The van der Waals surface area contributed by atoms with Gasteiger partial charge in [-0.05, 0) is 44.6 Å². The van der Waals surface area contributed by atoms with Crippen molar-refractivity contribution in [1.29, 1.82) is 0 Å². The van der Waals surface area contributed by atoms with Crippen LogP contribution in [0.4, 0.5) is 0 Å². The van der Waals surface area contributed by atoms with Crippen molar-refractivity contribution in [2.24, 2.45) is 5.92 Å². The van der Waals surface area contributed by atoms with Crippen molar-refractivity contribution in [1.82, 2.24) is 5.32 Å². The molecule has 0 aromatic rings. The Labute approximate surface area is 88.7 Å². The molecule has 1 aliphatic heterocycles. The van der Waals surface area contributed by atoms with E-state index in [1.165, 1.54) is 64.3 Å². The summed E-state index contributed by atoms with van der Waals surface area (Å²) in [6.45, 7) is 3.59. The summed E-state index contributed by atoms with van der Waals surface area (Å²) in [5.74, 6) is 1.03. The Kier molecular flexibility index (Phi) is 3.48. The average molecular weight is 195 g/mol. The minimum atomic E-state index is 0.576. The van der Waals surface area contributed by atoms with Crippen LogP contribution < -0.4 is 5.32 Å². The monoisotopic (exact) mass is 195 g/mol. The number of hydrogen-bond donors (Lipinski definition) is 1. The lowest BCUT2D eigenvalue weighted by molar-refractivity contribution is 0.247. The van der Waals surface area contributed by atoms with Crippen molar-refractivity contribution in [2.45, 2.75) is 70.3 Å². The Morgan fingerprint density at radius 3 is 2.79 bits per heavy atom.